The molecule has 1 N–H and O–H groups in total. The number of benzene rings is 1. The molecule has 100 valence electrons. The summed E-state index contributed by atoms with van der Waals surface area (Å²) in [6.07, 6.45) is 2.03. The molecule has 0 amide bonds. The molecule has 4 heteroatoms. The molecule has 1 heterocycles. The number of nitrogens with one attached hydrogen (secondary N) is 1. The van der Waals surface area contributed by atoms with Gasteiger partial charge in [0.1, 0.15) is 5.82 Å². The second-order valence-corrected chi connectivity index (χ2v) is 5.13. The fourth-order valence-corrected chi connectivity index (χ4v) is 2.63. The quantitative estimate of drug-likeness (QED) is 0.884. The molecule has 2 unspecified atom stereocenters. The normalized spacial score (nSPS) is 21.2. The van der Waals surface area contributed by atoms with Crippen molar-refractivity contribution < 1.29 is 9.13 Å². The third-order valence-corrected chi connectivity index (χ3v) is 3.69. The van der Waals surface area contributed by atoms with E-state index >= 15 is 0 Å². The largest absolute Gasteiger partial charge is 0.381 e. The molecule has 1 aromatic rings. The highest BCUT2D eigenvalue weighted by molar-refractivity contribution is 6.31. The highest BCUT2D eigenvalue weighted by Gasteiger charge is 2.28. The van der Waals surface area contributed by atoms with Crippen molar-refractivity contribution >= 4 is 11.6 Å². The van der Waals surface area contributed by atoms with Gasteiger partial charge in [0.2, 0.25) is 0 Å². The molecule has 0 bridgehead atoms. The molecule has 2 nitrogen and oxygen atoms in total. The summed E-state index contributed by atoms with van der Waals surface area (Å²) in [4.78, 5) is 0. The first kappa shape index (κ1) is 13.8. The van der Waals surface area contributed by atoms with Crippen molar-refractivity contribution in [2.24, 2.45) is 5.92 Å². The van der Waals surface area contributed by atoms with E-state index in [4.69, 9.17) is 16.3 Å². The van der Waals surface area contributed by atoms with Crippen LogP contribution in [0.1, 0.15) is 31.4 Å². The Kier molecular flexibility index (Phi) is 4.98. The molecular formula is C14H19ClFNO. The third kappa shape index (κ3) is 3.22. The van der Waals surface area contributed by atoms with E-state index in [1.54, 1.807) is 6.07 Å². The summed E-state index contributed by atoms with van der Waals surface area (Å²) in [5.41, 5.74) is 0.848. The number of hydrogen-bond donors (Lipinski definition) is 1. The van der Waals surface area contributed by atoms with Gasteiger partial charge < -0.3 is 10.1 Å². The van der Waals surface area contributed by atoms with Crippen molar-refractivity contribution in [3.05, 3.63) is 34.6 Å². The van der Waals surface area contributed by atoms with E-state index in [1.807, 2.05) is 0 Å². The minimum Gasteiger partial charge on any atom is -0.381 e. The summed E-state index contributed by atoms with van der Waals surface area (Å²) in [6, 6.07) is 4.64. The molecule has 0 saturated carbocycles. The van der Waals surface area contributed by atoms with Crippen LogP contribution in [-0.2, 0) is 4.74 Å². The van der Waals surface area contributed by atoms with Gasteiger partial charge in [-0.25, -0.2) is 4.39 Å². The topological polar surface area (TPSA) is 21.3 Å². The fraction of sp³-hybridized carbons (Fsp3) is 0.571. The molecule has 1 fully saturated rings. The Bertz CT molecular complexity index is 393. The zero-order valence-corrected chi connectivity index (χ0v) is 11.3. The van der Waals surface area contributed by atoms with Gasteiger partial charge >= 0.3 is 0 Å². The van der Waals surface area contributed by atoms with Crippen LogP contribution in [0, 0.1) is 11.7 Å². The first-order valence-corrected chi connectivity index (χ1v) is 6.86. The van der Waals surface area contributed by atoms with Gasteiger partial charge in [-0.2, -0.15) is 0 Å². The second kappa shape index (κ2) is 6.50. The van der Waals surface area contributed by atoms with Crippen molar-refractivity contribution in [1.82, 2.24) is 5.32 Å². The third-order valence-electron chi connectivity index (χ3n) is 3.34. The Hall–Kier alpha value is -0.640. The molecule has 1 aliphatic heterocycles. The zero-order valence-electron chi connectivity index (χ0n) is 10.6. The molecule has 0 radical (unpaired) electrons. The Morgan fingerprint density at radius 3 is 3.06 bits per heavy atom. The van der Waals surface area contributed by atoms with Gasteiger partial charge in [-0.1, -0.05) is 18.5 Å². The van der Waals surface area contributed by atoms with Crippen LogP contribution in [0.3, 0.4) is 0 Å². The van der Waals surface area contributed by atoms with Crippen LogP contribution < -0.4 is 5.32 Å². The van der Waals surface area contributed by atoms with Crippen LogP contribution in [0.5, 0.6) is 0 Å². The van der Waals surface area contributed by atoms with Gasteiger partial charge in [0, 0.05) is 23.6 Å². The van der Waals surface area contributed by atoms with E-state index in [0.717, 1.165) is 31.6 Å². The monoisotopic (exact) mass is 271 g/mol. The van der Waals surface area contributed by atoms with Gasteiger partial charge in [-0.05, 0) is 43.1 Å². The van der Waals surface area contributed by atoms with Crippen LogP contribution in [0.15, 0.2) is 18.2 Å². The smallest absolute Gasteiger partial charge is 0.123 e. The van der Waals surface area contributed by atoms with E-state index < -0.39 is 0 Å². The average Bonchev–Trinajstić information content (AvgIpc) is 2.88. The molecule has 0 aliphatic carbocycles. The van der Waals surface area contributed by atoms with Gasteiger partial charge in [0.25, 0.3) is 0 Å². The van der Waals surface area contributed by atoms with E-state index in [1.165, 1.54) is 12.1 Å². The van der Waals surface area contributed by atoms with Crippen molar-refractivity contribution in [3.8, 4) is 0 Å². The number of hydrogen-bond acceptors (Lipinski definition) is 2. The lowest BCUT2D eigenvalue weighted by Crippen LogP contribution is -2.29. The van der Waals surface area contributed by atoms with Gasteiger partial charge in [0.15, 0.2) is 0 Å². The average molecular weight is 272 g/mol. The summed E-state index contributed by atoms with van der Waals surface area (Å²) >= 11 is 6.20. The molecule has 0 spiro atoms. The second-order valence-electron chi connectivity index (χ2n) is 4.72. The maximum Gasteiger partial charge on any atom is 0.123 e. The highest BCUT2D eigenvalue weighted by Crippen LogP contribution is 2.33. The minimum atomic E-state index is -0.239. The molecule has 1 aromatic carbocycles. The predicted molar refractivity (Wildman–Crippen MR) is 71.4 cm³/mol. The van der Waals surface area contributed by atoms with Crippen LogP contribution >= 0.6 is 11.6 Å². The van der Waals surface area contributed by atoms with Crippen molar-refractivity contribution in [3.63, 3.8) is 0 Å². The Morgan fingerprint density at radius 1 is 1.56 bits per heavy atom. The van der Waals surface area contributed by atoms with Crippen molar-refractivity contribution in [2.75, 3.05) is 19.8 Å². The van der Waals surface area contributed by atoms with Crippen LogP contribution in [0.25, 0.3) is 0 Å². The van der Waals surface area contributed by atoms with E-state index in [-0.39, 0.29) is 11.9 Å². The first-order valence-electron chi connectivity index (χ1n) is 6.48. The maximum absolute atomic E-state index is 13.4. The lowest BCUT2D eigenvalue weighted by Gasteiger charge is -2.25. The van der Waals surface area contributed by atoms with E-state index in [0.29, 0.717) is 17.5 Å². The summed E-state index contributed by atoms with van der Waals surface area (Å²) in [5, 5.41) is 4.09. The predicted octanol–water partition coefficient (Wildman–Crippen LogP) is 3.56. The molecule has 2 atom stereocenters. The lowest BCUT2D eigenvalue weighted by atomic mass is 9.92. The summed E-state index contributed by atoms with van der Waals surface area (Å²) in [7, 11) is 0. The van der Waals surface area contributed by atoms with Crippen molar-refractivity contribution in [2.45, 2.75) is 25.8 Å². The molecule has 1 saturated heterocycles. The Labute approximate surface area is 112 Å². The minimum absolute atomic E-state index is 0.0793. The van der Waals surface area contributed by atoms with Crippen LogP contribution in [-0.4, -0.2) is 19.8 Å². The van der Waals surface area contributed by atoms with Crippen LogP contribution in [0.4, 0.5) is 4.39 Å². The summed E-state index contributed by atoms with van der Waals surface area (Å²) in [5.74, 6) is 0.132. The number of ether oxygens (including phenoxy) is 1. The summed E-state index contributed by atoms with van der Waals surface area (Å²) in [6.45, 7) is 4.51. The highest BCUT2D eigenvalue weighted by atomic mass is 35.5. The summed E-state index contributed by atoms with van der Waals surface area (Å²) < 4.78 is 18.8. The number of rotatable bonds is 5. The molecular weight excluding hydrogens is 253 g/mol. The van der Waals surface area contributed by atoms with Crippen LogP contribution in [0.2, 0.25) is 5.02 Å². The standard InChI is InChI=1S/C14H19ClFNO/c1-2-6-17-14(10-5-7-18-9-10)12-8-11(16)3-4-13(12)15/h3-4,8,10,14,17H,2,5-7,9H2,1H3. The first-order chi connectivity index (χ1) is 8.72. The van der Waals surface area contributed by atoms with Gasteiger partial charge in [0.05, 0.1) is 6.61 Å². The zero-order chi connectivity index (χ0) is 13.0. The van der Waals surface area contributed by atoms with Gasteiger partial charge in [-0.15, -0.1) is 0 Å². The van der Waals surface area contributed by atoms with Crippen molar-refractivity contribution in [1.29, 1.82) is 0 Å². The fourth-order valence-electron chi connectivity index (χ4n) is 2.40. The molecule has 1 aliphatic rings. The van der Waals surface area contributed by atoms with Gasteiger partial charge in [-0.3, -0.25) is 0 Å². The van der Waals surface area contributed by atoms with E-state index in [9.17, 15) is 4.39 Å². The Balaban J connectivity index is 2.23. The Morgan fingerprint density at radius 2 is 2.39 bits per heavy atom. The molecule has 0 aromatic heterocycles. The van der Waals surface area contributed by atoms with E-state index in [2.05, 4.69) is 12.2 Å². The molecule has 18 heavy (non-hydrogen) atoms. The lowest BCUT2D eigenvalue weighted by molar-refractivity contribution is 0.176. The SMILES string of the molecule is CCCNC(c1cc(F)ccc1Cl)C1CCOC1. The molecule has 2 rings (SSSR count). The maximum atomic E-state index is 13.4. The number of halogens is 2.